The summed E-state index contributed by atoms with van der Waals surface area (Å²) in [5, 5.41) is 8.52. The number of carbonyl (C=O) groups excluding carboxylic acids is 1. The van der Waals surface area contributed by atoms with Crippen LogP contribution in [0.25, 0.3) is 27.7 Å². The molecule has 0 saturated heterocycles. The predicted octanol–water partition coefficient (Wildman–Crippen LogP) is 5.12. The first-order valence-electron chi connectivity index (χ1n) is 11.1. The number of rotatable bonds is 4. The monoisotopic (exact) mass is 445 g/mol. The van der Waals surface area contributed by atoms with Crippen molar-refractivity contribution in [2.24, 2.45) is 0 Å². The fourth-order valence-electron chi connectivity index (χ4n) is 4.23. The van der Waals surface area contributed by atoms with E-state index in [1.54, 1.807) is 23.0 Å². The van der Waals surface area contributed by atoms with Gasteiger partial charge in [-0.25, -0.2) is 14.5 Å². The summed E-state index contributed by atoms with van der Waals surface area (Å²) in [5.41, 5.74) is 6.17. The lowest BCUT2D eigenvalue weighted by Gasteiger charge is -2.19. The number of fused-ring (bicyclic) bond motifs is 2. The van der Waals surface area contributed by atoms with Crippen molar-refractivity contribution in [2.75, 3.05) is 0 Å². The molecule has 1 atom stereocenters. The summed E-state index contributed by atoms with van der Waals surface area (Å²) in [5.74, 6) is 5.93. The van der Waals surface area contributed by atoms with Crippen LogP contribution in [0, 0.1) is 18.8 Å². The highest BCUT2D eigenvalue weighted by Gasteiger charge is 2.23. The van der Waals surface area contributed by atoms with Gasteiger partial charge in [-0.3, -0.25) is 4.79 Å². The highest BCUT2D eigenvalue weighted by atomic mass is 16.1. The molecule has 5 aromatic rings. The van der Waals surface area contributed by atoms with Gasteiger partial charge in [0.25, 0.3) is 5.91 Å². The molecule has 166 valence electrons. The van der Waals surface area contributed by atoms with E-state index >= 15 is 0 Å². The number of benzene rings is 2. The molecule has 2 aromatic carbocycles. The molecule has 0 saturated carbocycles. The quantitative estimate of drug-likeness (QED) is 0.390. The molecular formula is C28H23N5O. The Hall–Kier alpha value is -4.50. The molecule has 0 radical (unpaired) electrons. The Morgan fingerprint density at radius 1 is 1.09 bits per heavy atom. The molecule has 6 nitrogen and oxygen atoms in total. The zero-order chi connectivity index (χ0) is 23.7. The van der Waals surface area contributed by atoms with Crippen molar-refractivity contribution in [3.05, 3.63) is 95.6 Å². The Labute approximate surface area is 197 Å². The smallest absolute Gasteiger partial charge is 0.257 e. The van der Waals surface area contributed by atoms with E-state index in [0.29, 0.717) is 16.9 Å². The third kappa shape index (κ3) is 3.78. The summed E-state index contributed by atoms with van der Waals surface area (Å²) in [4.78, 5) is 22.7. The number of nitrogens with one attached hydrogen (secondary N) is 1. The van der Waals surface area contributed by atoms with Crippen LogP contribution in [-0.4, -0.2) is 25.5 Å². The van der Waals surface area contributed by atoms with Crippen molar-refractivity contribution in [1.82, 2.24) is 24.9 Å². The molecule has 0 aliphatic rings. The number of aromatic nitrogens is 4. The van der Waals surface area contributed by atoms with Gasteiger partial charge in [-0.1, -0.05) is 42.3 Å². The number of hydrogen-bond acceptors (Lipinski definition) is 4. The van der Waals surface area contributed by atoms with Crippen molar-refractivity contribution in [2.45, 2.75) is 26.8 Å². The van der Waals surface area contributed by atoms with Crippen molar-refractivity contribution in [3.63, 3.8) is 0 Å². The number of aryl methyl sites for hydroxylation is 1. The summed E-state index contributed by atoms with van der Waals surface area (Å²) in [6.07, 6.45) is 3.44. The Balaban J connectivity index is 1.61. The minimum Gasteiger partial charge on any atom is -0.344 e. The summed E-state index contributed by atoms with van der Waals surface area (Å²) < 4.78 is 1.62. The lowest BCUT2D eigenvalue weighted by molar-refractivity contribution is 0.0940. The predicted molar refractivity (Wildman–Crippen MR) is 133 cm³/mol. The highest BCUT2D eigenvalue weighted by Crippen LogP contribution is 2.32. The molecule has 34 heavy (non-hydrogen) atoms. The molecule has 0 fully saturated rings. The van der Waals surface area contributed by atoms with Crippen LogP contribution in [-0.2, 0) is 0 Å². The van der Waals surface area contributed by atoms with E-state index in [1.807, 2.05) is 69.3 Å². The molecule has 0 spiro atoms. The second kappa shape index (κ2) is 8.80. The zero-order valence-electron chi connectivity index (χ0n) is 19.2. The average Bonchev–Trinajstić information content (AvgIpc) is 3.20. The molecule has 1 unspecified atom stereocenters. The Kier molecular flexibility index (Phi) is 5.52. The van der Waals surface area contributed by atoms with Crippen LogP contribution in [0.15, 0.2) is 73.1 Å². The largest absolute Gasteiger partial charge is 0.344 e. The normalized spacial score (nSPS) is 11.7. The Morgan fingerprint density at radius 2 is 1.91 bits per heavy atom. The number of amides is 1. The van der Waals surface area contributed by atoms with Crippen LogP contribution in [0.4, 0.5) is 0 Å². The van der Waals surface area contributed by atoms with Gasteiger partial charge in [-0.15, -0.1) is 5.92 Å². The second-order valence-electron chi connectivity index (χ2n) is 8.08. The van der Waals surface area contributed by atoms with Crippen LogP contribution in [0.3, 0.4) is 0 Å². The molecule has 3 aromatic heterocycles. The Bertz CT molecular complexity index is 1590. The summed E-state index contributed by atoms with van der Waals surface area (Å²) in [6.45, 7) is 5.59. The summed E-state index contributed by atoms with van der Waals surface area (Å²) in [7, 11) is 0. The van der Waals surface area contributed by atoms with Crippen LogP contribution in [0.2, 0.25) is 0 Å². The fourth-order valence-corrected chi connectivity index (χ4v) is 4.23. The van der Waals surface area contributed by atoms with Gasteiger partial charge in [0.1, 0.15) is 5.56 Å². The van der Waals surface area contributed by atoms with Gasteiger partial charge in [0, 0.05) is 28.9 Å². The third-order valence-electron chi connectivity index (χ3n) is 5.79. The number of hydrogen-bond donors (Lipinski definition) is 1. The topological polar surface area (TPSA) is 72.2 Å². The fraction of sp³-hybridized carbons (Fsp3) is 0.143. The third-order valence-corrected chi connectivity index (χ3v) is 5.79. The SMILES string of the molecule is CC#Cc1cccc2nc(C(C)NC(=O)c3c(C)nn4cccnc34)c(-c3ccccc3)cc12. The van der Waals surface area contributed by atoms with Crippen LogP contribution < -0.4 is 5.32 Å². The highest BCUT2D eigenvalue weighted by molar-refractivity contribution is 6.01. The molecule has 0 bridgehead atoms. The van der Waals surface area contributed by atoms with Gasteiger partial charge in [0.15, 0.2) is 5.65 Å². The van der Waals surface area contributed by atoms with Gasteiger partial charge in [0.05, 0.1) is 22.9 Å². The zero-order valence-corrected chi connectivity index (χ0v) is 19.2. The van der Waals surface area contributed by atoms with Crippen LogP contribution in [0.5, 0.6) is 0 Å². The van der Waals surface area contributed by atoms with Gasteiger partial charge < -0.3 is 5.32 Å². The second-order valence-corrected chi connectivity index (χ2v) is 8.08. The standard InChI is InChI=1S/C28H23N5O/c1-4-10-20-13-8-14-24-22(20)17-23(21-11-6-5-7-12-21)26(31-24)19(3)30-28(34)25-18(2)32-33-16-9-15-29-27(25)33/h5-9,11-17,19H,1-3H3,(H,30,34). The molecule has 5 rings (SSSR count). The molecule has 0 aliphatic carbocycles. The molecule has 1 amide bonds. The first-order chi connectivity index (χ1) is 16.6. The van der Waals surface area contributed by atoms with E-state index in [0.717, 1.165) is 33.3 Å². The lowest BCUT2D eigenvalue weighted by atomic mass is 9.96. The molecule has 6 heteroatoms. The first kappa shape index (κ1) is 21.4. The molecule has 1 N–H and O–H groups in total. The van der Waals surface area contributed by atoms with Crippen molar-refractivity contribution in [3.8, 4) is 23.0 Å². The minimum atomic E-state index is -0.355. The number of nitrogens with zero attached hydrogens (tertiary/aromatic N) is 4. The van der Waals surface area contributed by atoms with E-state index in [2.05, 4.69) is 33.3 Å². The van der Waals surface area contributed by atoms with E-state index in [1.165, 1.54) is 0 Å². The van der Waals surface area contributed by atoms with E-state index in [4.69, 9.17) is 4.98 Å². The lowest BCUT2D eigenvalue weighted by Crippen LogP contribution is -2.28. The van der Waals surface area contributed by atoms with E-state index in [-0.39, 0.29) is 11.9 Å². The molecular weight excluding hydrogens is 422 g/mol. The van der Waals surface area contributed by atoms with Crippen LogP contribution in [0.1, 0.15) is 47.2 Å². The summed E-state index contributed by atoms with van der Waals surface area (Å²) in [6, 6.07) is 19.6. The molecule has 3 heterocycles. The van der Waals surface area contributed by atoms with E-state index < -0.39 is 0 Å². The maximum atomic E-state index is 13.3. The van der Waals surface area contributed by atoms with Gasteiger partial charge in [-0.2, -0.15) is 5.10 Å². The van der Waals surface area contributed by atoms with Crippen molar-refractivity contribution >= 4 is 22.5 Å². The minimum absolute atomic E-state index is 0.231. The molecule has 0 aliphatic heterocycles. The summed E-state index contributed by atoms with van der Waals surface area (Å²) >= 11 is 0. The van der Waals surface area contributed by atoms with Gasteiger partial charge >= 0.3 is 0 Å². The van der Waals surface area contributed by atoms with Crippen LogP contribution >= 0.6 is 0 Å². The average molecular weight is 446 g/mol. The van der Waals surface area contributed by atoms with E-state index in [9.17, 15) is 4.79 Å². The first-order valence-corrected chi connectivity index (χ1v) is 11.1. The maximum Gasteiger partial charge on any atom is 0.257 e. The Morgan fingerprint density at radius 3 is 2.71 bits per heavy atom. The maximum absolute atomic E-state index is 13.3. The van der Waals surface area contributed by atoms with Gasteiger partial charge in [0.2, 0.25) is 0 Å². The number of carbonyl (C=O) groups is 1. The van der Waals surface area contributed by atoms with Gasteiger partial charge in [-0.05, 0) is 50.6 Å². The number of pyridine rings is 1. The van der Waals surface area contributed by atoms with Crippen molar-refractivity contribution < 1.29 is 4.79 Å². The van der Waals surface area contributed by atoms with Crippen molar-refractivity contribution in [1.29, 1.82) is 0 Å².